The molecule has 0 spiro atoms. The standard InChI is InChI=1S/C9H18O3S.C9H18OS.CH4/c1-9(2,3)12-8-4-6-13(10,11)7-5-8;1-9(2,3)10-8-4-6-11-7-5-8;/h8H,4-7H2,1-3H3;8H,4-7H2,1-3H3;1H4. The molecule has 0 aromatic carbocycles. The number of thioether (sulfide) groups is 1. The third-order valence-electron chi connectivity index (χ3n) is 3.71. The first kappa shape index (κ1) is 25.2. The average molecular weight is 397 g/mol. The summed E-state index contributed by atoms with van der Waals surface area (Å²) in [5.41, 5.74) is -0.113. The Kier molecular flexibility index (Phi) is 10.6. The van der Waals surface area contributed by atoms with E-state index < -0.39 is 9.84 Å². The molecule has 2 rings (SSSR count). The van der Waals surface area contributed by atoms with E-state index in [9.17, 15) is 8.42 Å². The van der Waals surface area contributed by atoms with Crippen molar-refractivity contribution in [1.82, 2.24) is 0 Å². The zero-order valence-corrected chi connectivity index (χ0v) is 17.9. The van der Waals surface area contributed by atoms with Crippen molar-refractivity contribution < 1.29 is 17.9 Å². The second-order valence-electron chi connectivity index (χ2n) is 8.62. The summed E-state index contributed by atoms with van der Waals surface area (Å²) in [4.78, 5) is 0. The molecule has 0 N–H and O–H groups in total. The van der Waals surface area contributed by atoms with Crippen LogP contribution in [0.2, 0.25) is 0 Å². The van der Waals surface area contributed by atoms with Crippen LogP contribution in [0, 0.1) is 0 Å². The maximum atomic E-state index is 11.1. The van der Waals surface area contributed by atoms with Gasteiger partial charge in [-0.1, -0.05) is 7.43 Å². The summed E-state index contributed by atoms with van der Waals surface area (Å²) < 4.78 is 33.8. The normalized spacial score (nSPS) is 22.5. The first-order valence-electron chi connectivity index (χ1n) is 9.00. The molecule has 2 fully saturated rings. The highest BCUT2D eigenvalue weighted by molar-refractivity contribution is 7.99. The highest BCUT2D eigenvalue weighted by Crippen LogP contribution is 2.23. The summed E-state index contributed by atoms with van der Waals surface area (Å²) in [5.74, 6) is 3.13. The van der Waals surface area contributed by atoms with E-state index in [2.05, 4.69) is 20.8 Å². The SMILES string of the molecule is C.CC(C)(C)OC1CCS(=O)(=O)CC1.CC(C)(C)OC1CCSCC1. The molecule has 0 aromatic heterocycles. The fourth-order valence-electron chi connectivity index (χ4n) is 2.78. The Morgan fingerprint density at radius 3 is 1.48 bits per heavy atom. The van der Waals surface area contributed by atoms with E-state index in [0.717, 1.165) is 0 Å². The van der Waals surface area contributed by atoms with Crippen LogP contribution in [-0.4, -0.2) is 54.8 Å². The molecule has 6 heteroatoms. The number of sulfone groups is 1. The summed E-state index contributed by atoms with van der Waals surface area (Å²) >= 11 is 2.04. The van der Waals surface area contributed by atoms with Gasteiger partial charge in [0.25, 0.3) is 0 Å². The van der Waals surface area contributed by atoms with E-state index in [0.29, 0.717) is 18.9 Å². The zero-order chi connectivity index (χ0) is 18.4. The molecule has 0 aliphatic carbocycles. The lowest BCUT2D eigenvalue weighted by molar-refractivity contribution is -0.0630. The molecule has 0 atom stereocenters. The van der Waals surface area contributed by atoms with Crippen LogP contribution in [0.15, 0.2) is 0 Å². The molecule has 4 nitrogen and oxygen atoms in total. The molecule has 2 aliphatic rings. The highest BCUT2D eigenvalue weighted by atomic mass is 32.2. The van der Waals surface area contributed by atoms with Crippen molar-refractivity contribution >= 4 is 21.6 Å². The number of hydrogen-bond donors (Lipinski definition) is 0. The van der Waals surface area contributed by atoms with Crippen molar-refractivity contribution in [3.63, 3.8) is 0 Å². The smallest absolute Gasteiger partial charge is 0.150 e. The Labute approximate surface area is 160 Å². The highest BCUT2D eigenvalue weighted by Gasteiger charge is 2.27. The lowest BCUT2D eigenvalue weighted by atomic mass is 10.1. The maximum absolute atomic E-state index is 11.1. The molecule has 2 saturated heterocycles. The van der Waals surface area contributed by atoms with Crippen molar-refractivity contribution in [3.05, 3.63) is 0 Å². The lowest BCUT2D eigenvalue weighted by Gasteiger charge is -2.29. The molecule has 0 unspecified atom stereocenters. The predicted molar refractivity (Wildman–Crippen MR) is 110 cm³/mol. The van der Waals surface area contributed by atoms with Crippen LogP contribution in [0.1, 0.15) is 74.7 Å². The Hall–Kier alpha value is 0.220. The van der Waals surface area contributed by atoms with Gasteiger partial charge >= 0.3 is 0 Å². The van der Waals surface area contributed by atoms with Crippen LogP contribution in [0.4, 0.5) is 0 Å². The van der Waals surface area contributed by atoms with Crippen LogP contribution in [0.25, 0.3) is 0 Å². The second kappa shape index (κ2) is 10.5. The number of ether oxygens (including phenoxy) is 2. The summed E-state index contributed by atoms with van der Waals surface area (Å²) in [6.07, 6.45) is 4.43. The lowest BCUT2D eigenvalue weighted by Crippen LogP contribution is -2.34. The van der Waals surface area contributed by atoms with Gasteiger partial charge in [-0.2, -0.15) is 11.8 Å². The summed E-state index contributed by atoms with van der Waals surface area (Å²) in [7, 11) is -2.75. The fraction of sp³-hybridized carbons (Fsp3) is 1.00. The van der Waals surface area contributed by atoms with Gasteiger partial charge in [0.2, 0.25) is 0 Å². The average Bonchev–Trinajstić information content (AvgIpc) is 2.40. The molecular weight excluding hydrogens is 356 g/mol. The fourth-order valence-corrected chi connectivity index (χ4v) is 5.29. The van der Waals surface area contributed by atoms with Crippen molar-refractivity contribution in [2.75, 3.05) is 23.0 Å². The molecule has 25 heavy (non-hydrogen) atoms. The van der Waals surface area contributed by atoms with Gasteiger partial charge < -0.3 is 9.47 Å². The van der Waals surface area contributed by atoms with Gasteiger partial charge in [0, 0.05) is 0 Å². The topological polar surface area (TPSA) is 52.6 Å². The van der Waals surface area contributed by atoms with Crippen LogP contribution in [-0.2, 0) is 19.3 Å². The van der Waals surface area contributed by atoms with Crippen LogP contribution < -0.4 is 0 Å². The van der Waals surface area contributed by atoms with Gasteiger partial charge in [-0.25, -0.2) is 8.42 Å². The van der Waals surface area contributed by atoms with E-state index in [1.807, 2.05) is 32.5 Å². The second-order valence-corrected chi connectivity index (χ2v) is 12.2. The Morgan fingerprint density at radius 1 is 0.760 bits per heavy atom. The Balaban J connectivity index is 0.000000449. The van der Waals surface area contributed by atoms with Crippen LogP contribution in [0.5, 0.6) is 0 Å². The summed E-state index contributed by atoms with van der Waals surface area (Å²) in [6, 6.07) is 0. The van der Waals surface area contributed by atoms with Crippen LogP contribution >= 0.6 is 11.8 Å². The van der Waals surface area contributed by atoms with E-state index in [4.69, 9.17) is 9.47 Å². The third-order valence-corrected chi connectivity index (χ3v) is 6.47. The van der Waals surface area contributed by atoms with E-state index in [1.54, 1.807) is 0 Å². The molecular formula is C19H40O4S2. The molecule has 2 heterocycles. The predicted octanol–water partition coefficient (Wildman–Crippen LogP) is 4.71. The van der Waals surface area contributed by atoms with Crippen molar-refractivity contribution in [2.24, 2.45) is 0 Å². The minimum Gasteiger partial charge on any atom is -0.373 e. The quantitative estimate of drug-likeness (QED) is 0.676. The minimum absolute atomic E-state index is 0. The van der Waals surface area contributed by atoms with Gasteiger partial charge in [-0.05, 0) is 78.7 Å². The number of rotatable bonds is 2. The number of hydrogen-bond acceptors (Lipinski definition) is 5. The van der Waals surface area contributed by atoms with Gasteiger partial charge in [0.1, 0.15) is 0 Å². The Bertz CT molecular complexity index is 441. The van der Waals surface area contributed by atoms with E-state index in [1.165, 1.54) is 24.3 Å². The summed E-state index contributed by atoms with van der Waals surface area (Å²) in [6.45, 7) is 12.4. The van der Waals surface area contributed by atoms with Gasteiger partial charge in [-0.3, -0.25) is 0 Å². The van der Waals surface area contributed by atoms with E-state index in [-0.39, 0.29) is 36.2 Å². The molecule has 0 aromatic rings. The van der Waals surface area contributed by atoms with Gasteiger partial charge in [0.15, 0.2) is 9.84 Å². The first-order valence-corrected chi connectivity index (χ1v) is 12.0. The van der Waals surface area contributed by atoms with Crippen molar-refractivity contribution in [3.8, 4) is 0 Å². The largest absolute Gasteiger partial charge is 0.373 e. The monoisotopic (exact) mass is 396 g/mol. The van der Waals surface area contributed by atoms with Crippen LogP contribution in [0.3, 0.4) is 0 Å². The Morgan fingerprint density at radius 2 is 1.12 bits per heavy atom. The van der Waals surface area contributed by atoms with Gasteiger partial charge in [-0.15, -0.1) is 0 Å². The van der Waals surface area contributed by atoms with Crippen molar-refractivity contribution in [1.29, 1.82) is 0 Å². The molecule has 2 aliphatic heterocycles. The molecule has 0 radical (unpaired) electrons. The van der Waals surface area contributed by atoms with E-state index >= 15 is 0 Å². The summed E-state index contributed by atoms with van der Waals surface area (Å²) in [5, 5.41) is 0. The minimum atomic E-state index is -2.75. The molecule has 0 bridgehead atoms. The maximum Gasteiger partial charge on any atom is 0.150 e. The third kappa shape index (κ3) is 13.1. The molecule has 0 saturated carbocycles. The zero-order valence-electron chi connectivity index (χ0n) is 16.3. The first-order chi connectivity index (χ1) is 10.9. The molecule has 152 valence electrons. The van der Waals surface area contributed by atoms with Crippen molar-refractivity contribution in [2.45, 2.75) is 98.1 Å². The van der Waals surface area contributed by atoms with Gasteiger partial charge in [0.05, 0.1) is 34.9 Å². The molecule has 0 amide bonds.